The number of benzene rings is 2. The standard InChI is InChI=1S/C27H25Cl2N5O/c1-18-25(27(35)32-33-14-3-2-4-15-33)31-34(24-12-11-22(28)16-23(24)29)26(18)20-9-7-19(8-10-20)21-6-5-13-30-17-21/h5-13,16-17H,2-4,14-15H2,1H3,(H,32,35). The van der Waals surface area contributed by atoms with E-state index < -0.39 is 0 Å². The van der Waals surface area contributed by atoms with Crippen LogP contribution in [-0.4, -0.2) is 38.8 Å². The molecule has 0 bridgehead atoms. The fourth-order valence-corrected chi connectivity index (χ4v) is 4.92. The predicted molar refractivity (Wildman–Crippen MR) is 140 cm³/mol. The normalized spacial score (nSPS) is 14.1. The first kappa shape index (κ1) is 23.5. The summed E-state index contributed by atoms with van der Waals surface area (Å²) in [5, 5.41) is 7.70. The van der Waals surface area contributed by atoms with Crippen LogP contribution in [-0.2, 0) is 0 Å². The predicted octanol–water partition coefficient (Wildman–Crippen LogP) is 6.35. The molecule has 35 heavy (non-hydrogen) atoms. The maximum Gasteiger partial charge on any atom is 0.286 e. The Morgan fingerprint density at radius 1 is 0.943 bits per heavy atom. The van der Waals surface area contributed by atoms with E-state index in [2.05, 4.69) is 10.4 Å². The topological polar surface area (TPSA) is 63.1 Å². The van der Waals surface area contributed by atoms with Crippen molar-refractivity contribution in [1.82, 2.24) is 25.2 Å². The van der Waals surface area contributed by atoms with Gasteiger partial charge < -0.3 is 0 Å². The largest absolute Gasteiger partial charge is 0.286 e. The first-order valence-electron chi connectivity index (χ1n) is 11.6. The Labute approximate surface area is 214 Å². The van der Waals surface area contributed by atoms with Crippen molar-refractivity contribution in [2.75, 3.05) is 13.1 Å². The van der Waals surface area contributed by atoms with Crippen molar-refractivity contribution >= 4 is 29.1 Å². The first-order chi connectivity index (χ1) is 17.0. The number of pyridine rings is 1. The Morgan fingerprint density at radius 2 is 1.69 bits per heavy atom. The molecule has 1 aliphatic heterocycles. The van der Waals surface area contributed by atoms with E-state index in [1.54, 1.807) is 23.0 Å². The Morgan fingerprint density at radius 3 is 2.37 bits per heavy atom. The number of aromatic nitrogens is 3. The zero-order valence-corrected chi connectivity index (χ0v) is 20.9. The molecule has 0 radical (unpaired) electrons. The van der Waals surface area contributed by atoms with Crippen LogP contribution in [0.4, 0.5) is 0 Å². The number of nitrogens with zero attached hydrogens (tertiary/aromatic N) is 4. The van der Waals surface area contributed by atoms with Crippen LogP contribution >= 0.6 is 23.2 Å². The Hall–Kier alpha value is -3.19. The van der Waals surface area contributed by atoms with Gasteiger partial charge in [-0.1, -0.05) is 60.0 Å². The van der Waals surface area contributed by atoms with Gasteiger partial charge in [-0.2, -0.15) is 5.10 Å². The number of nitrogens with one attached hydrogen (secondary N) is 1. The van der Waals surface area contributed by atoms with Gasteiger partial charge >= 0.3 is 0 Å². The molecule has 1 fully saturated rings. The van der Waals surface area contributed by atoms with Crippen LogP contribution < -0.4 is 5.43 Å². The van der Waals surface area contributed by atoms with Crippen molar-refractivity contribution < 1.29 is 4.79 Å². The van der Waals surface area contributed by atoms with Crippen molar-refractivity contribution in [2.45, 2.75) is 26.2 Å². The Kier molecular flexibility index (Phi) is 6.86. The SMILES string of the molecule is Cc1c(C(=O)NN2CCCCC2)nn(-c2ccc(Cl)cc2Cl)c1-c1ccc(-c2cccnc2)cc1. The maximum atomic E-state index is 13.3. The minimum Gasteiger partial charge on any atom is -0.283 e. The lowest BCUT2D eigenvalue weighted by atomic mass is 10.0. The van der Waals surface area contributed by atoms with E-state index in [0.29, 0.717) is 21.4 Å². The molecule has 1 N–H and O–H groups in total. The van der Waals surface area contributed by atoms with Crippen molar-refractivity contribution in [3.63, 3.8) is 0 Å². The van der Waals surface area contributed by atoms with E-state index in [0.717, 1.165) is 53.9 Å². The smallest absolute Gasteiger partial charge is 0.283 e. The second-order valence-corrected chi connectivity index (χ2v) is 9.48. The zero-order chi connectivity index (χ0) is 24.4. The van der Waals surface area contributed by atoms with Crippen LogP contribution in [0.25, 0.3) is 28.1 Å². The average molecular weight is 506 g/mol. The molecule has 1 saturated heterocycles. The number of rotatable bonds is 5. The van der Waals surface area contributed by atoms with Gasteiger partial charge in [0.05, 0.1) is 16.4 Å². The van der Waals surface area contributed by atoms with Gasteiger partial charge in [0.25, 0.3) is 5.91 Å². The highest BCUT2D eigenvalue weighted by Gasteiger charge is 2.25. The van der Waals surface area contributed by atoms with Crippen LogP contribution in [0, 0.1) is 6.92 Å². The number of carbonyl (C=O) groups excluding carboxylic acids is 1. The molecule has 5 rings (SSSR count). The lowest BCUT2D eigenvalue weighted by Gasteiger charge is -2.26. The number of hydrogen-bond acceptors (Lipinski definition) is 4. The van der Waals surface area contributed by atoms with E-state index in [-0.39, 0.29) is 5.91 Å². The highest BCUT2D eigenvalue weighted by molar-refractivity contribution is 6.35. The molecule has 3 heterocycles. The lowest BCUT2D eigenvalue weighted by Crippen LogP contribution is -2.45. The van der Waals surface area contributed by atoms with Crippen LogP contribution in [0.5, 0.6) is 0 Å². The summed E-state index contributed by atoms with van der Waals surface area (Å²) in [4.78, 5) is 17.5. The maximum absolute atomic E-state index is 13.3. The van der Waals surface area contributed by atoms with E-state index >= 15 is 0 Å². The summed E-state index contributed by atoms with van der Waals surface area (Å²) in [5.74, 6) is -0.221. The summed E-state index contributed by atoms with van der Waals surface area (Å²) < 4.78 is 1.73. The van der Waals surface area contributed by atoms with Crippen LogP contribution in [0.15, 0.2) is 67.0 Å². The molecule has 8 heteroatoms. The second-order valence-electron chi connectivity index (χ2n) is 8.64. The number of amides is 1. The monoisotopic (exact) mass is 505 g/mol. The molecular weight excluding hydrogens is 481 g/mol. The summed E-state index contributed by atoms with van der Waals surface area (Å²) in [6, 6.07) is 17.3. The van der Waals surface area contributed by atoms with Gasteiger partial charge in [0, 0.05) is 41.6 Å². The molecule has 4 aromatic rings. The van der Waals surface area contributed by atoms with Gasteiger partial charge in [-0.15, -0.1) is 0 Å². The lowest BCUT2D eigenvalue weighted by molar-refractivity contribution is 0.0743. The molecule has 0 atom stereocenters. The van der Waals surface area contributed by atoms with E-state index in [9.17, 15) is 4.79 Å². The van der Waals surface area contributed by atoms with Gasteiger partial charge in [0.15, 0.2) is 5.69 Å². The zero-order valence-electron chi connectivity index (χ0n) is 19.3. The summed E-state index contributed by atoms with van der Waals surface area (Å²) in [6.45, 7) is 3.61. The second kappa shape index (κ2) is 10.2. The summed E-state index contributed by atoms with van der Waals surface area (Å²) in [7, 11) is 0. The molecule has 178 valence electrons. The number of carbonyl (C=O) groups is 1. The molecule has 0 saturated carbocycles. The fourth-order valence-electron chi connectivity index (χ4n) is 4.43. The van der Waals surface area contributed by atoms with Gasteiger partial charge in [0.1, 0.15) is 0 Å². The highest BCUT2D eigenvalue weighted by atomic mass is 35.5. The number of hydrogen-bond donors (Lipinski definition) is 1. The van der Waals surface area contributed by atoms with E-state index in [1.807, 2.05) is 60.6 Å². The first-order valence-corrected chi connectivity index (χ1v) is 12.4. The number of hydrazine groups is 1. The van der Waals surface area contributed by atoms with Crippen molar-refractivity contribution in [2.24, 2.45) is 0 Å². The van der Waals surface area contributed by atoms with Crippen molar-refractivity contribution in [3.05, 3.63) is 88.3 Å². The van der Waals surface area contributed by atoms with Gasteiger partial charge in [-0.25, -0.2) is 9.69 Å². The fraction of sp³-hybridized carbons (Fsp3) is 0.222. The van der Waals surface area contributed by atoms with Crippen molar-refractivity contribution in [1.29, 1.82) is 0 Å². The highest BCUT2D eigenvalue weighted by Crippen LogP contribution is 2.33. The van der Waals surface area contributed by atoms with Crippen LogP contribution in [0.1, 0.15) is 35.3 Å². The molecule has 1 aliphatic rings. The molecular formula is C27H25Cl2N5O. The van der Waals surface area contributed by atoms with Gasteiger partial charge in [0.2, 0.25) is 0 Å². The van der Waals surface area contributed by atoms with Crippen LogP contribution in [0.3, 0.4) is 0 Å². The molecule has 2 aromatic heterocycles. The molecule has 0 unspecified atom stereocenters. The summed E-state index contributed by atoms with van der Waals surface area (Å²) in [5.41, 5.74) is 8.64. The minimum atomic E-state index is -0.221. The molecule has 2 aromatic carbocycles. The quantitative estimate of drug-likeness (QED) is 0.343. The molecule has 0 aliphatic carbocycles. The third-order valence-electron chi connectivity index (χ3n) is 6.24. The Balaban J connectivity index is 1.57. The van der Waals surface area contributed by atoms with E-state index in [4.69, 9.17) is 28.3 Å². The molecule has 1 amide bonds. The minimum absolute atomic E-state index is 0.221. The van der Waals surface area contributed by atoms with Gasteiger partial charge in [-0.3, -0.25) is 15.2 Å². The van der Waals surface area contributed by atoms with Crippen LogP contribution in [0.2, 0.25) is 10.0 Å². The summed E-state index contributed by atoms with van der Waals surface area (Å²) >= 11 is 12.7. The van der Waals surface area contributed by atoms with E-state index in [1.165, 1.54) is 6.42 Å². The summed E-state index contributed by atoms with van der Waals surface area (Å²) in [6.07, 6.45) is 6.92. The van der Waals surface area contributed by atoms with Crippen molar-refractivity contribution in [3.8, 4) is 28.1 Å². The third kappa shape index (κ3) is 4.96. The molecule has 6 nitrogen and oxygen atoms in total. The average Bonchev–Trinajstić information content (AvgIpc) is 3.22. The molecule has 0 spiro atoms. The Bertz CT molecular complexity index is 1350. The van der Waals surface area contributed by atoms with Gasteiger partial charge in [-0.05, 0) is 55.2 Å². The third-order valence-corrected chi connectivity index (χ3v) is 6.78. The number of piperidine rings is 1. The number of halogens is 2.